The third kappa shape index (κ3) is 1.12. The Bertz CT molecular complexity index is 301. The molecule has 1 aliphatic carbocycles. The van der Waals surface area contributed by atoms with Crippen molar-refractivity contribution in [2.75, 3.05) is 6.54 Å². The second-order valence-corrected chi connectivity index (χ2v) is 4.17. The zero-order valence-electron chi connectivity index (χ0n) is 7.75. The van der Waals surface area contributed by atoms with Gasteiger partial charge in [0.1, 0.15) is 5.76 Å². The summed E-state index contributed by atoms with van der Waals surface area (Å²) in [5.74, 6) is 2.09. The molecule has 3 rings (SSSR count). The summed E-state index contributed by atoms with van der Waals surface area (Å²) in [5, 5.41) is 3.60. The fourth-order valence-electron chi connectivity index (χ4n) is 2.48. The van der Waals surface area contributed by atoms with E-state index in [-0.39, 0.29) is 0 Å². The summed E-state index contributed by atoms with van der Waals surface area (Å²) in [5.41, 5.74) is 1.43. The topological polar surface area (TPSA) is 25.2 Å². The van der Waals surface area contributed by atoms with Crippen molar-refractivity contribution in [3.05, 3.63) is 23.7 Å². The van der Waals surface area contributed by atoms with Gasteiger partial charge in [-0.25, -0.2) is 0 Å². The van der Waals surface area contributed by atoms with Crippen molar-refractivity contribution in [1.29, 1.82) is 0 Å². The summed E-state index contributed by atoms with van der Waals surface area (Å²) in [6.45, 7) is 1.08. The van der Waals surface area contributed by atoms with Gasteiger partial charge in [-0.15, -0.1) is 0 Å². The lowest BCUT2D eigenvalue weighted by molar-refractivity contribution is 0.220. The molecular formula is C11H15NO. The predicted octanol–water partition coefficient (Wildman–Crippen LogP) is 2.27. The second-order valence-electron chi connectivity index (χ2n) is 4.17. The Hall–Kier alpha value is -0.760. The van der Waals surface area contributed by atoms with Crippen LogP contribution < -0.4 is 5.32 Å². The van der Waals surface area contributed by atoms with E-state index >= 15 is 0 Å². The van der Waals surface area contributed by atoms with Crippen LogP contribution in [0.25, 0.3) is 0 Å². The summed E-state index contributed by atoms with van der Waals surface area (Å²) in [6, 6.07) is 2.74. The van der Waals surface area contributed by atoms with Gasteiger partial charge >= 0.3 is 0 Å². The van der Waals surface area contributed by atoms with Crippen molar-refractivity contribution in [3.63, 3.8) is 0 Å². The van der Waals surface area contributed by atoms with E-state index in [0.29, 0.717) is 6.04 Å². The molecule has 0 amide bonds. The molecule has 1 aliphatic heterocycles. The van der Waals surface area contributed by atoms with Gasteiger partial charge < -0.3 is 9.73 Å². The number of rotatable bonds is 1. The minimum Gasteiger partial charge on any atom is -0.469 e. The average molecular weight is 177 g/mol. The van der Waals surface area contributed by atoms with E-state index in [4.69, 9.17) is 4.42 Å². The van der Waals surface area contributed by atoms with E-state index in [2.05, 4.69) is 11.4 Å². The lowest BCUT2D eigenvalue weighted by Gasteiger charge is -2.36. The molecule has 0 spiro atoms. The molecular weight excluding hydrogens is 162 g/mol. The van der Waals surface area contributed by atoms with Crippen molar-refractivity contribution < 1.29 is 4.42 Å². The number of fused-ring (bicyclic) bond motifs is 1. The molecule has 1 fully saturated rings. The molecule has 1 unspecified atom stereocenters. The van der Waals surface area contributed by atoms with Crippen LogP contribution in [0.4, 0.5) is 0 Å². The normalized spacial score (nSPS) is 28.2. The summed E-state index contributed by atoms with van der Waals surface area (Å²) in [6.07, 6.45) is 7.09. The van der Waals surface area contributed by atoms with Crippen LogP contribution in [0, 0.1) is 5.92 Å². The maximum Gasteiger partial charge on any atom is 0.109 e. The Morgan fingerprint density at radius 2 is 2.31 bits per heavy atom. The van der Waals surface area contributed by atoms with Gasteiger partial charge in [0.15, 0.2) is 0 Å². The van der Waals surface area contributed by atoms with Gasteiger partial charge in [-0.3, -0.25) is 0 Å². The minimum absolute atomic E-state index is 0.594. The molecule has 2 nitrogen and oxygen atoms in total. The molecule has 0 radical (unpaired) electrons. The van der Waals surface area contributed by atoms with Crippen LogP contribution in [0.3, 0.4) is 0 Å². The molecule has 2 aliphatic rings. The summed E-state index contributed by atoms with van der Waals surface area (Å²) >= 11 is 0. The summed E-state index contributed by atoms with van der Waals surface area (Å²) in [7, 11) is 0. The van der Waals surface area contributed by atoms with Gasteiger partial charge in [-0.1, -0.05) is 6.42 Å². The van der Waals surface area contributed by atoms with Crippen LogP contribution in [0.5, 0.6) is 0 Å². The van der Waals surface area contributed by atoms with Crippen LogP contribution in [0.1, 0.15) is 36.6 Å². The van der Waals surface area contributed by atoms with Gasteiger partial charge in [-0.2, -0.15) is 0 Å². The summed E-state index contributed by atoms with van der Waals surface area (Å²) in [4.78, 5) is 0. The highest BCUT2D eigenvalue weighted by atomic mass is 16.3. The van der Waals surface area contributed by atoms with Crippen LogP contribution in [-0.4, -0.2) is 6.54 Å². The molecule has 1 aromatic heterocycles. The highest BCUT2D eigenvalue weighted by molar-refractivity contribution is 5.25. The van der Waals surface area contributed by atoms with Gasteiger partial charge in [0.25, 0.3) is 0 Å². The first kappa shape index (κ1) is 7.63. The molecule has 70 valence electrons. The zero-order valence-corrected chi connectivity index (χ0v) is 7.75. The first-order valence-corrected chi connectivity index (χ1v) is 5.25. The molecule has 1 saturated carbocycles. The van der Waals surface area contributed by atoms with Gasteiger partial charge in [0.2, 0.25) is 0 Å². The van der Waals surface area contributed by atoms with Crippen LogP contribution in [0.15, 0.2) is 16.7 Å². The molecule has 2 heterocycles. The molecule has 1 atom stereocenters. The fourth-order valence-corrected chi connectivity index (χ4v) is 2.48. The first-order chi connectivity index (χ1) is 6.45. The number of hydrogen-bond donors (Lipinski definition) is 1. The summed E-state index contributed by atoms with van der Waals surface area (Å²) < 4.78 is 5.46. The van der Waals surface area contributed by atoms with E-state index in [1.807, 2.05) is 6.26 Å². The fraction of sp³-hybridized carbons (Fsp3) is 0.636. The third-order valence-electron chi connectivity index (χ3n) is 3.45. The van der Waals surface area contributed by atoms with Crippen LogP contribution in [0.2, 0.25) is 0 Å². The molecule has 2 heteroatoms. The number of hydrogen-bond acceptors (Lipinski definition) is 2. The second kappa shape index (κ2) is 2.88. The van der Waals surface area contributed by atoms with Gasteiger partial charge in [0.05, 0.1) is 6.26 Å². The zero-order chi connectivity index (χ0) is 8.67. The van der Waals surface area contributed by atoms with Gasteiger partial charge in [0, 0.05) is 24.6 Å². The van der Waals surface area contributed by atoms with Crippen molar-refractivity contribution in [1.82, 2.24) is 5.32 Å². The average Bonchev–Trinajstić information content (AvgIpc) is 2.49. The van der Waals surface area contributed by atoms with Crippen LogP contribution >= 0.6 is 0 Å². The lowest BCUT2D eigenvalue weighted by atomic mass is 9.76. The number of furan rings is 1. The van der Waals surface area contributed by atoms with Crippen molar-refractivity contribution in [2.45, 2.75) is 31.7 Å². The molecule has 0 aromatic carbocycles. The Balaban J connectivity index is 1.90. The molecule has 0 bridgehead atoms. The van der Waals surface area contributed by atoms with E-state index in [0.717, 1.165) is 18.9 Å². The van der Waals surface area contributed by atoms with Gasteiger partial charge in [-0.05, 0) is 24.8 Å². The molecule has 13 heavy (non-hydrogen) atoms. The molecule has 1 aromatic rings. The van der Waals surface area contributed by atoms with E-state index in [1.165, 1.54) is 30.6 Å². The van der Waals surface area contributed by atoms with Crippen molar-refractivity contribution in [3.8, 4) is 0 Å². The van der Waals surface area contributed by atoms with E-state index in [1.54, 1.807) is 0 Å². The third-order valence-corrected chi connectivity index (χ3v) is 3.45. The van der Waals surface area contributed by atoms with Crippen molar-refractivity contribution >= 4 is 0 Å². The highest BCUT2D eigenvalue weighted by Gasteiger charge is 2.32. The maximum absolute atomic E-state index is 5.46. The maximum atomic E-state index is 5.46. The van der Waals surface area contributed by atoms with Crippen LogP contribution in [-0.2, 0) is 6.42 Å². The molecule has 1 N–H and O–H groups in total. The van der Waals surface area contributed by atoms with E-state index in [9.17, 15) is 0 Å². The molecule has 0 saturated heterocycles. The largest absolute Gasteiger partial charge is 0.469 e. The van der Waals surface area contributed by atoms with E-state index < -0.39 is 0 Å². The Kier molecular flexibility index (Phi) is 1.69. The highest BCUT2D eigenvalue weighted by Crippen LogP contribution is 2.40. The Labute approximate surface area is 78.3 Å². The lowest BCUT2D eigenvalue weighted by Crippen LogP contribution is -2.36. The monoisotopic (exact) mass is 177 g/mol. The smallest absolute Gasteiger partial charge is 0.109 e. The standard InChI is InChI=1S/C11H15NO/c1-2-8(3-1)11-9-5-7-13-10(9)4-6-12-11/h5,7-8,11-12H,1-4,6H2. The SMILES string of the molecule is c1cc2c(o1)CCNC2C1CCC1. The Morgan fingerprint density at radius 1 is 1.38 bits per heavy atom. The van der Waals surface area contributed by atoms with Crippen molar-refractivity contribution in [2.24, 2.45) is 5.92 Å². The number of nitrogens with one attached hydrogen (secondary N) is 1. The quantitative estimate of drug-likeness (QED) is 0.711. The first-order valence-electron chi connectivity index (χ1n) is 5.25. The Morgan fingerprint density at radius 3 is 3.08 bits per heavy atom. The minimum atomic E-state index is 0.594. The predicted molar refractivity (Wildman–Crippen MR) is 50.5 cm³/mol.